The normalized spacial score (nSPS) is 15.1. The van der Waals surface area contributed by atoms with Gasteiger partial charge in [0.25, 0.3) is 0 Å². The van der Waals surface area contributed by atoms with Crippen molar-refractivity contribution in [1.29, 1.82) is 0 Å². The summed E-state index contributed by atoms with van der Waals surface area (Å²) in [4.78, 5) is 41.4. The van der Waals surface area contributed by atoms with E-state index < -0.39 is 30.0 Å². The van der Waals surface area contributed by atoms with E-state index in [1.807, 2.05) is 103 Å². The van der Waals surface area contributed by atoms with Crippen molar-refractivity contribution in [2.24, 2.45) is 5.73 Å². The Morgan fingerprint density at radius 3 is 2.07 bits per heavy atom. The Bertz CT molecular complexity index is 1730. The van der Waals surface area contributed by atoms with E-state index in [0.717, 1.165) is 43.8 Å². The molecule has 2 atom stereocenters. The van der Waals surface area contributed by atoms with E-state index in [1.54, 1.807) is 0 Å². The molecular weight excluding hydrogens is 526 g/mol. The van der Waals surface area contributed by atoms with Crippen LogP contribution in [-0.2, 0) is 40.3 Å². The molecule has 210 valence electrons. The maximum atomic E-state index is 13.9. The van der Waals surface area contributed by atoms with Crippen LogP contribution in [0.1, 0.15) is 22.3 Å². The van der Waals surface area contributed by atoms with Crippen LogP contribution in [-0.4, -0.2) is 34.9 Å². The number of rotatable bonds is 7. The largest absolute Gasteiger partial charge is 0.445 e. The van der Waals surface area contributed by atoms with Gasteiger partial charge in [-0.15, -0.1) is 0 Å². The lowest BCUT2D eigenvalue weighted by Crippen LogP contribution is -2.56. The Morgan fingerprint density at radius 1 is 0.810 bits per heavy atom. The number of nitrogens with two attached hydrogens (primary N) is 1. The molecule has 5 aromatic rings. The SMILES string of the molecule is NC(=O)[C@H](Cc1c2ccccc2cc2ccccc12)NC(=O)[C@@H]1Cc2ccccc2CN1C(=O)OCc1ccccc1. The van der Waals surface area contributed by atoms with Crippen molar-refractivity contribution in [2.75, 3.05) is 0 Å². The van der Waals surface area contributed by atoms with Crippen molar-refractivity contribution >= 4 is 39.5 Å². The fourth-order valence-electron chi connectivity index (χ4n) is 5.77. The van der Waals surface area contributed by atoms with Gasteiger partial charge in [-0.1, -0.05) is 103 Å². The summed E-state index contributed by atoms with van der Waals surface area (Å²) in [6.45, 7) is 0.307. The number of amides is 3. The molecule has 0 unspecified atom stereocenters. The fourth-order valence-corrected chi connectivity index (χ4v) is 5.77. The highest BCUT2D eigenvalue weighted by atomic mass is 16.6. The number of carbonyl (C=O) groups is 3. The monoisotopic (exact) mass is 557 g/mol. The van der Waals surface area contributed by atoms with E-state index in [1.165, 1.54) is 4.90 Å². The predicted molar refractivity (Wildman–Crippen MR) is 162 cm³/mol. The molecule has 3 amide bonds. The third-order valence-electron chi connectivity index (χ3n) is 7.94. The van der Waals surface area contributed by atoms with E-state index in [0.29, 0.717) is 6.42 Å². The van der Waals surface area contributed by atoms with Crippen molar-refractivity contribution in [3.05, 3.63) is 131 Å². The highest BCUT2D eigenvalue weighted by Gasteiger charge is 2.37. The molecule has 0 radical (unpaired) electrons. The van der Waals surface area contributed by atoms with Gasteiger partial charge in [0.05, 0.1) is 6.54 Å². The lowest BCUT2D eigenvalue weighted by atomic mass is 9.91. The van der Waals surface area contributed by atoms with Crippen LogP contribution >= 0.6 is 0 Å². The number of benzene rings is 5. The van der Waals surface area contributed by atoms with E-state index in [4.69, 9.17) is 10.5 Å². The lowest BCUT2D eigenvalue weighted by molar-refractivity contribution is -0.131. The molecule has 42 heavy (non-hydrogen) atoms. The molecule has 0 fully saturated rings. The summed E-state index contributed by atoms with van der Waals surface area (Å²) in [6.07, 6.45) is -0.0836. The number of nitrogens with one attached hydrogen (secondary N) is 1. The van der Waals surface area contributed by atoms with Gasteiger partial charge in [0, 0.05) is 12.8 Å². The van der Waals surface area contributed by atoms with E-state index in [9.17, 15) is 14.4 Å². The summed E-state index contributed by atoms with van der Waals surface area (Å²) >= 11 is 0. The molecule has 1 heterocycles. The lowest BCUT2D eigenvalue weighted by Gasteiger charge is -2.35. The van der Waals surface area contributed by atoms with Crippen LogP contribution in [0.5, 0.6) is 0 Å². The summed E-state index contributed by atoms with van der Waals surface area (Å²) < 4.78 is 5.62. The van der Waals surface area contributed by atoms with Gasteiger partial charge in [0.2, 0.25) is 11.8 Å². The van der Waals surface area contributed by atoms with Gasteiger partial charge in [-0.25, -0.2) is 4.79 Å². The van der Waals surface area contributed by atoms with Gasteiger partial charge >= 0.3 is 6.09 Å². The Hall–Kier alpha value is -5.17. The number of nitrogens with zero attached hydrogens (tertiary/aromatic N) is 1. The van der Waals surface area contributed by atoms with Crippen LogP contribution in [0.15, 0.2) is 109 Å². The molecule has 7 heteroatoms. The van der Waals surface area contributed by atoms with Crippen molar-refractivity contribution in [3.8, 4) is 0 Å². The van der Waals surface area contributed by atoms with Crippen LogP contribution in [0.25, 0.3) is 21.5 Å². The van der Waals surface area contributed by atoms with Crippen LogP contribution in [0.3, 0.4) is 0 Å². The first-order chi connectivity index (χ1) is 20.5. The summed E-state index contributed by atoms with van der Waals surface area (Å²) in [7, 11) is 0. The zero-order valence-electron chi connectivity index (χ0n) is 23.0. The summed E-state index contributed by atoms with van der Waals surface area (Å²) in [6, 6.07) is 33.3. The highest BCUT2D eigenvalue weighted by molar-refractivity contribution is 6.03. The second kappa shape index (κ2) is 11.7. The number of hydrogen-bond acceptors (Lipinski definition) is 4. The van der Waals surface area contributed by atoms with Gasteiger partial charge in [-0.3, -0.25) is 14.5 Å². The first-order valence-electron chi connectivity index (χ1n) is 14.0. The second-order valence-electron chi connectivity index (χ2n) is 10.6. The molecule has 0 bridgehead atoms. The van der Waals surface area contributed by atoms with Crippen molar-refractivity contribution < 1.29 is 19.1 Å². The number of ether oxygens (including phenoxy) is 1. The number of fused-ring (bicyclic) bond motifs is 3. The topological polar surface area (TPSA) is 102 Å². The second-order valence-corrected chi connectivity index (χ2v) is 10.6. The molecule has 0 spiro atoms. The quantitative estimate of drug-likeness (QED) is 0.266. The van der Waals surface area contributed by atoms with E-state index in [-0.39, 0.29) is 19.6 Å². The van der Waals surface area contributed by atoms with Gasteiger partial charge < -0.3 is 15.8 Å². The van der Waals surface area contributed by atoms with Crippen molar-refractivity contribution in [3.63, 3.8) is 0 Å². The fraction of sp³-hybridized carbons (Fsp3) is 0.171. The maximum Gasteiger partial charge on any atom is 0.411 e. The molecule has 1 aliphatic rings. The molecule has 0 aliphatic carbocycles. The molecule has 0 aromatic heterocycles. The van der Waals surface area contributed by atoms with Crippen molar-refractivity contribution in [1.82, 2.24) is 10.2 Å². The van der Waals surface area contributed by atoms with E-state index in [2.05, 4.69) is 11.4 Å². The van der Waals surface area contributed by atoms with Gasteiger partial charge in [-0.2, -0.15) is 0 Å². The molecule has 6 rings (SSSR count). The molecule has 0 saturated heterocycles. The number of carbonyl (C=O) groups excluding carboxylic acids is 3. The number of primary amides is 1. The standard InChI is InChI=1S/C35H31N3O4/c36-33(39)31(20-30-28-16-8-6-13-25(28)18-26-14-7-9-17-29(26)30)37-34(40)32-19-24-12-4-5-15-27(24)21-38(32)35(41)42-22-23-10-2-1-3-11-23/h1-18,31-32H,19-22H2,(H2,36,39)(H,37,40)/t31-,32-/m0/s1. The van der Waals surface area contributed by atoms with Crippen LogP contribution in [0.2, 0.25) is 0 Å². The average Bonchev–Trinajstić information content (AvgIpc) is 3.02. The molecule has 5 aromatic carbocycles. The van der Waals surface area contributed by atoms with Gasteiger partial charge in [-0.05, 0) is 49.9 Å². The van der Waals surface area contributed by atoms with E-state index >= 15 is 0 Å². The average molecular weight is 558 g/mol. The first-order valence-corrected chi connectivity index (χ1v) is 14.0. The zero-order chi connectivity index (χ0) is 29.1. The smallest absolute Gasteiger partial charge is 0.411 e. The van der Waals surface area contributed by atoms with Crippen LogP contribution in [0, 0.1) is 0 Å². The Morgan fingerprint density at radius 2 is 1.40 bits per heavy atom. The first kappa shape index (κ1) is 27.0. The summed E-state index contributed by atoms with van der Waals surface area (Å²) in [5.74, 6) is -1.09. The Kier molecular flexibility index (Phi) is 7.56. The molecular formula is C35H31N3O4. The molecule has 7 nitrogen and oxygen atoms in total. The highest BCUT2D eigenvalue weighted by Crippen LogP contribution is 2.30. The van der Waals surface area contributed by atoms with Gasteiger partial charge in [0.15, 0.2) is 0 Å². The molecule has 3 N–H and O–H groups in total. The predicted octanol–water partition coefficient (Wildman–Crippen LogP) is 5.27. The third-order valence-corrected chi connectivity index (χ3v) is 7.94. The van der Waals surface area contributed by atoms with Crippen LogP contribution < -0.4 is 11.1 Å². The Labute approximate surface area is 243 Å². The van der Waals surface area contributed by atoms with Crippen LogP contribution in [0.4, 0.5) is 4.79 Å². The minimum atomic E-state index is -0.980. The number of hydrogen-bond donors (Lipinski definition) is 2. The third kappa shape index (κ3) is 5.54. The summed E-state index contributed by atoms with van der Waals surface area (Å²) in [5.41, 5.74) is 9.58. The Balaban J connectivity index is 1.28. The minimum absolute atomic E-state index is 0.0875. The summed E-state index contributed by atoms with van der Waals surface area (Å²) in [5, 5.41) is 6.96. The van der Waals surface area contributed by atoms with Crippen molar-refractivity contribution in [2.45, 2.75) is 38.1 Å². The minimum Gasteiger partial charge on any atom is -0.445 e. The zero-order valence-corrected chi connectivity index (χ0v) is 23.0. The molecule has 1 aliphatic heterocycles. The molecule has 0 saturated carbocycles. The maximum absolute atomic E-state index is 13.9. The van der Waals surface area contributed by atoms with Gasteiger partial charge in [0.1, 0.15) is 18.7 Å².